The first kappa shape index (κ1) is 19.4. The molecular weight excluding hydrogens is 362 g/mol. The van der Waals surface area contributed by atoms with Gasteiger partial charge in [0.1, 0.15) is 5.75 Å². The third-order valence-electron chi connectivity index (χ3n) is 8.24. The maximum Gasteiger partial charge on any atom is 0.251 e. The monoisotopic (exact) mass is 397 g/mol. The van der Waals surface area contributed by atoms with Crippen molar-refractivity contribution in [3.8, 4) is 5.75 Å². The summed E-state index contributed by atoms with van der Waals surface area (Å²) in [4.78, 5) is 12.8. The van der Waals surface area contributed by atoms with Gasteiger partial charge in [-0.2, -0.15) is 0 Å². The van der Waals surface area contributed by atoms with E-state index in [1.807, 2.05) is 24.3 Å². The van der Waals surface area contributed by atoms with E-state index in [9.17, 15) is 9.90 Å². The van der Waals surface area contributed by atoms with Crippen LogP contribution in [0.4, 0.5) is 0 Å². The van der Waals surface area contributed by atoms with Crippen molar-refractivity contribution in [1.29, 1.82) is 0 Å². The molecule has 5 saturated carbocycles. The molecule has 158 valence electrons. The van der Waals surface area contributed by atoms with Gasteiger partial charge in [-0.05, 0) is 92.7 Å². The van der Waals surface area contributed by atoms with Crippen LogP contribution in [0.15, 0.2) is 24.3 Å². The van der Waals surface area contributed by atoms with Crippen LogP contribution in [0.3, 0.4) is 0 Å². The average Bonchev–Trinajstić information content (AvgIpc) is 2.71. The molecule has 4 heteroatoms. The van der Waals surface area contributed by atoms with Crippen LogP contribution in [0.25, 0.3) is 0 Å². The quantitative estimate of drug-likeness (QED) is 0.740. The summed E-state index contributed by atoms with van der Waals surface area (Å²) < 4.78 is 6.01. The molecule has 0 saturated heterocycles. The summed E-state index contributed by atoms with van der Waals surface area (Å²) in [5.74, 6) is 3.87. The molecule has 5 fully saturated rings. The topological polar surface area (TPSA) is 58.6 Å². The summed E-state index contributed by atoms with van der Waals surface area (Å²) in [5, 5.41) is 13.9. The molecule has 1 aromatic rings. The molecule has 0 heterocycles. The van der Waals surface area contributed by atoms with Gasteiger partial charge in [-0.15, -0.1) is 0 Å². The molecule has 4 nitrogen and oxygen atoms in total. The highest BCUT2D eigenvalue weighted by atomic mass is 16.5. The number of benzene rings is 1. The van der Waals surface area contributed by atoms with Crippen molar-refractivity contribution in [1.82, 2.24) is 5.32 Å². The van der Waals surface area contributed by atoms with Crippen molar-refractivity contribution in [2.75, 3.05) is 13.2 Å². The van der Waals surface area contributed by atoms with Crippen LogP contribution in [0.2, 0.25) is 0 Å². The first-order valence-corrected chi connectivity index (χ1v) is 11.8. The van der Waals surface area contributed by atoms with E-state index >= 15 is 0 Å². The minimum Gasteiger partial charge on any atom is -0.493 e. The standard InChI is InChI=1S/C25H35NO3/c27-24(19-7-4-8-22(11-19)29-16-17-5-2-1-3-6-17)26-15-23-20-9-18-10-21(23)14-25(28,12-18)13-20/h4,7-8,11,17-18,20-21,23,28H,1-3,5-6,9-10,12-16H2,(H,26,27). The van der Waals surface area contributed by atoms with Gasteiger partial charge in [-0.1, -0.05) is 25.3 Å². The summed E-state index contributed by atoms with van der Waals surface area (Å²) in [7, 11) is 0. The first-order valence-electron chi connectivity index (χ1n) is 11.8. The van der Waals surface area contributed by atoms with Crippen molar-refractivity contribution in [2.45, 2.75) is 69.8 Å². The van der Waals surface area contributed by atoms with Crippen molar-refractivity contribution in [3.05, 3.63) is 29.8 Å². The van der Waals surface area contributed by atoms with E-state index in [2.05, 4.69) is 5.32 Å². The van der Waals surface area contributed by atoms with Crippen LogP contribution in [0.5, 0.6) is 5.75 Å². The maximum absolute atomic E-state index is 12.8. The Morgan fingerprint density at radius 3 is 2.59 bits per heavy atom. The van der Waals surface area contributed by atoms with Gasteiger partial charge in [-0.25, -0.2) is 0 Å². The van der Waals surface area contributed by atoms with E-state index in [1.54, 1.807) is 0 Å². The van der Waals surface area contributed by atoms with Crippen LogP contribution < -0.4 is 10.1 Å². The molecule has 2 unspecified atom stereocenters. The lowest BCUT2D eigenvalue weighted by atomic mass is 9.50. The third-order valence-corrected chi connectivity index (χ3v) is 8.24. The SMILES string of the molecule is O=C(NCC1C2CC3CC1CC(O)(C3)C2)c1cccc(OCC2CCCCC2)c1. The fraction of sp³-hybridized carbons (Fsp3) is 0.720. The molecule has 2 atom stereocenters. The van der Waals surface area contributed by atoms with E-state index < -0.39 is 5.60 Å². The van der Waals surface area contributed by atoms with E-state index in [0.717, 1.165) is 38.2 Å². The summed E-state index contributed by atoms with van der Waals surface area (Å²) in [6.07, 6.45) is 11.9. The predicted molar refractivity (Wildman–Crippen MR) is 113 cm³/mol. The zero-order chi connectivity index (χ0) is 19.8. The number of rotatable bonds is 6. The molecule has 4 bridgehead atoms. The predicted octanol–water partition coefficient (Wildman–Crippen LogP) is 4.56. The lowest BCUT2D eigenvalue weighted by Gasteiger charge is -2.58. The van der Waals surface area contributed by atoms with E-state index in [-0.39, 0.29) is 5.91 Å². The fourth-order valence-corrected chi connectivity index (χ4v) is 7.03. The Morgan fingerprint density at radius 1 is 1.10 bits per heavy atom. The smallest absolute Gasteiger partial charge is 0.251 e. The van der Waals surface area contributed by atoms with Gasteiger partial charge in [0, 0.05) is 12.1 Å². The largest absolute Gasteiger partial charge is 0.493 e. The van der Waals surface area contributed by atoms with Crippen LogP contribution in [0, 0.1) is 29.6 Å². The van der Waals surface area contributed by atoms with Gasteiger partial charge in [0.25, 0.3) is 5.91 Å². The number of aliphatic hydroxyl groups is 1. The number of carbonyl (C=O) groups is 1. The summed E-state index contributed by atoms with van der Waals surface area (Å²) >= 11 is 0. The van der Waals surface area contributed by atoms with E-state index in [4.69, 9.17) is 4.74 Å². The fourth-order valence-electron chi connectivity index (χ4n) is 7.03. The van der Waals surface area contributed by atoms with Gasteiger partial charge in [0.05, 0.1) is 12.2 Å². The van der Waals surface area contributed by atoms with Crippen molar-refractivity contribution < 1.29 is 14.6 Å². The Labute approximate surface area is 174 Å². The highest BCUT2D eigenvalue weighted by Gasteiger charge is 2.54. The Hall–Kier alpha value is -1.55. The third kappa shape index (κ3) is 4.19. The summed E-state index contributed by atoms with van der Waals surface area (Å²) in [5.41, 5.74) is 0.287. The minimum absolute atomic E-state index is 0.000587. The Morgan fingerprint density at radius 2 is 1.86 bits per heavy atom. The highest BCUT2D eigenvalue weighted by molar-refractivity contribution is 5.94. The molecule has 0 radical (unpaired) electrons. The molecular formula is C25H35NO3. The van der Waals surface area contributed by atoms with E-state index in [1.165, 1.54) is 44.9 Å². The molecule has 0 aliphatic heterocycles. The van der Waals surface area contributed by atoms with Crippen LogP contribution in [0.1, 0.15) is 74.6 Å². The number of carbonyl (C=O) groups excluding carboxylic acids is 1. The Kier molecular flexibility index (Phi) is 5.32. The zero-order valence-corrected chi connectivity index (χ0v) is 17.4. The molecule has 0 aromatic heterocycles. The molecule has 5 aliphatic carbocycles. The lowest BCUT2D eigenvalue weighted by Crippen LogP contribution is -2.56. The minimum atomic E-state index is -0.402. The summed E-state index contributed by atoms with van der Waals surface area (Å²) in [6, 6.07) is 7.64. The van der Waals surface area contributed by atoms with Crippen LogP contribution in [-0.2, 0) is 0 Å². The van der Waals surface area contributed by atoms with Crippen LogP contribution >= 0.6 is 0 Å². The molecule has 6 rings (SSSR count). The maximum atomic E-state index is 12.8. The zero-order valence-electron chi connectivity index (χ0n) is 17.4. The second-order valence-corrected chi connectivity index (χ2v) is 10.4. The molecule has 5 aliphatic rings. The number of ether oxygens (including phenoxy) is 1. The Bertz CT molecular complexity index is 725. The molecule has 0 spiro atoms. The number of amides is 1. The second kappa shape index (κ2) is 7.94. The normalized spacial score (nSPS) is 36.2. The van der Waals surface area contributed by atoms with Crippen molar-refractivity contribution in [3.63, 3.8) is 0 Å². The number of hydrogen-bond donors (Lipinski definition) is 2. The van der Waals surface area contributed by atoms with Gasteiger partial charge in [-0.3, -0.25) is 4.79 Å². The first-order chi connectivity index (χ1) is 14.1. The number of nitrogens with one attached hydrogen (secondary N) is 1. The van der Waals surface area contributed by atoms with Gasteiger partial charge in [0.2, 0.25) is 0 Å². The summed E-state index contributed by atoms with van der Waals surface area (Å²) in [6.45, 7) is 1.50. The molecule has 29 heavy (non-hydrogen) atoms. The van der Waals surface area contributed by atoms with Gasteiger partial charge < -0.3 is 15.2 Å². The van der Waals surface area contributed by atoms with E-state index in [0.29, 0.717) is 35.2 Å². The lowest BCUT2D eigenvalue weighted by molar-refractivity contribution is -0.150. The number of hydrogen-bond acceptors (Lipinski definition) is 3. The van der Waals surface area contributed by atoms with Crippen LogP contribution in [-0.4, -0.2) is 29.8 Å². The van der Waals surface area contributed by atoms with Crippen molar-refractivity contribution in [2.24, 2.45) is 29.6 Å². The average molecular weight is 398 g/mol. The molecule has 2 N–H and O–H groups in total. The molecule has 1 amide bonds. The Balaban J connectivity index is 1.15. The second-order valence-electron chi connectivity index (χ2n) is 10.4. The van der Waals surface area contributed by atoms with Crippen molar-refractivity contribution >= 4 is 5.91 Å². The highest BCUT2D eigenvalue weighted by Crippen LogP contribution is 2.58. The van der Waals surface area contributed by atoms with Gasteiger partial charge in [0.15, 0.2) is 0 Å². The molecule has 1 aromatic carbocycles. The van der Waals surface area contributed by atoms with Gasteiger partial charge >= 0.3 is 0 Å².